The number of nitrogens with two attached hydrogens (primary N) is 3. The van der Waals surface area contributed by atoms with Gasteiger partial charge in [0, 0.05) is 29.4 Å². The highest BCUT2D eigenvalue weighted by Crippen LogP contribution is 2.34. The summed E-state index contributed by atoms with van der Waals surface area (Å²) in [6, 6.07) is 16.5. The maximum absolute atomic E-state index is 14.0. The van der Waals surface area contributed by atoms with Crippen molar-refractivity contribution in [2.75, 3.05) is 11.5 Å². The maximum atomic E-state index is 14.0. The first-order valence-corrected chi connectivity index (χ1v) is 10.4. The van der Waals surface area contributed by atoms with Gasteiger partial charge in [-0.1, -0.05) is 36.8 Å². The normalized spacial score (nSPS) is 11.4. The molecule has 4 nitrogen and oxygen atoms in total. The molecule has 0 heterocycles. The number of nitrogen functional groups attached to an aromatic ring is 2. The minimum Gasteiger partial charge on any atom is -0.399 e. The summed E-state index contributed by atoms with van der Waals surface area (Å²) < 4.78 is 14.0. The van der Waals surface area contributed by atoms with Gasteiger partial charge in [0.15, 0.2) is 5.78 Å². The van der Waals surface area contributed by atoms with Gasteiger partial charge in [0.1, 0.15) is 5.82 Å². The molecule has 6 N–H and O–H groups in total. The van der Waals surface area contributed by atoms with Crippen LogP contribution in [0.3, 0.4) is 0 Å². The topological polar surface area (TPSA) is 95.1 Å². The second-order valence-corrected chi connectivity index (χ2v) is 7.78. The fourth-order valence-corrected chi connectivity index (χ4v) is 3.64. The molecular formula is C26H32FN3O. The Labute approximate surface area is 184 Å². The first-order valence-electron chi connectivity index (χ1n) is 10.4. The maximum Gasteiger partial charge on any atom is 0.160 e. The summed E-state index contributed by atoms with van der Waals surface area (Å²) in [5, 5.41) is 0. The van der Waals surface area contributed by atoms with Crippen molar-refractivity contribution in [3.05, 3.63) is 93.8 Å². The van der Waals surface area contributed by atoms with E-state index in [0.717, 1.165) is 28.8 Å². The van der Waals surface area contributed by atoms with E-state index in [2.05, 4.69) is 0 Å². The molecule has 31 heavy (non-hydrogen) atoms. The molecule has 3 aromatic carbocycles. The molecule has 164 valence electrons. The van der Waals surface area contributed by atoms with Crippen molar-refractivity contribution in [1.29, 1.82) is 0 Å². The number of benzene rings is 3. The number of carbonyl (C=O) groups excluding carboxylic acids is 1. The quantitative estimate of drug-likeness (QED) is 0.375. The van der Waals surface area contributed by atoms with Gasteiger partial charge in [0.05, 0.1) is 0 Å². The Balaban J connectivity index is 0.000000357. The van der Waals surface area contributed by atoms with Gasteiger partial charge in [0.2, 0.25) is 0 Å². The van der Waals surface area contributed by atoms with Gasteiger partial charge in [0.25, 0.3) is 0 Å². The summed E-state index contributed by atoms with van der Waals surface area (Å²) in [5.41, 5.74) is 23.4. The third-order valence-electron chi connectivity index (χ3n) is 5.30. The fourth-order valence-electron chi connectivity index (χ4n) is 3.64. The van der Waals surface area contributed by atoms with Crippen molar-refractivity contribution in [3.63, 3.8) is 0 Å². The highest BCUT2D eigenvalue weighted by Gasteiger charge is 2.22. The number of rotatable bonds is 5. The predicted molar refractivity (Wildman–Crippen MR) is 128 cm³/mol. The minimum atomic E-state index is -0.242. The first-order chi connectivity index (χ1) is 14.7. The molecule has 0 aliphatic rings. The average Bonchev–Trinajstić information content (AvgIpc) is 2.73. The van der Waals surface area contributed by atoms with Crippen LogP contribution in [0.15, 0.2) is 54.6 Å². The highest BCUT2D eigenvalue weighted by atomic mass is 19.1. The van der Waals surface area contributed by atoms with Crippen LogP contribution in [0.1, 0.15) is 64.4 Å². The molecule has 0 bridgehead atoms. The van der Waals surface area contributed by atoms with Crippen molar-refractivity contribution < 1.29 is 9.18 Å². The van der Waals surface area contributed by atoms with Gasteiger partial charge < -0.3 is 17.2 Å². The molecule has 0 radical (unpaired) electrons. The van der Waals surface area contributed by atoms with Crippen LogP contribution in [-0.4, -0.2) is 5.78 Å². The molecule has 0 aliphatic heterocycles. The van der Waals surface area contributed by atoms with Gasteiger partial charge in [-0.2, -0.15) is 0 Å². The summed E-state index contributed by atoms with van der Waals surface area (Å²) in [5.74, 6) is -0.391. The number of hydrogen-bond donors (Lipinski definition) is 3. The molecule has 1 atom stereocenters. The van der Waals surface area contributed by atoms with Crippen molar-refractivity contribution in [3.8, 4) is 0 Å². The van der Waals surface area contributed by atoms with E-state index >= 15 is 0 Å². The summed E-state index contributed by atoms with van der Waals surface area (Å²) in [7, 11) is 0. The molecule has 0 amide bonds. The molecule has 3 rings (SSSR count). The summed E-state index contributed by atoms with van der Waals surface area (Å²) in [6.07, 6.45) is 0.732. The van der Waals surface area contributed by atoms with E-state index < -0.39 is 0 Å². The number of hydrogen-bond acceptors (Lipinski definition) is 4. The summed E-state index contributed by atoms with van der Waals surface area (Å²) >= 11 is 0. The second kappa shape index (κ2) is 10.7. The van der Waals surface area contributed by atoms with Crippen LogP contribution in [0.2, 0.25) is 0 Å². The third kappa shape index (κ3) is 6.15. The van der Waals surface area contributed by atoms with E-state index in [1.165, 1.54) is 12.5 Å². The van der Waals surface area contributed by atoms with Crippen molar-refractivity contribution >= 4 is 17.2 Å². The van der Waals surface area contributed by atoms with Crippen LogP contribution in [0.25, 0.3) is 0 Å². The smallest absolute Gasteiger partial charge is 0.160 e. The van der Waals surface area contributed by atoms with E-state index in [0.29, 0.717) is 16.8 Å². The molecule has 0 aliphatic carbocycles. The Bertz CT molecular complexity index is 1020. The molecule has 1 unspecified atom stereocenters. The zero-order valence-electron chi connectivity index (χ0n) is 18.7. The second-order valence-electron chi connectivity index (χ2n) is 7.78. The van der Waals surface area contributed by atoms with E-state index in [9.17, 15) is 9.18 Å². The minimum absolute atomic E-state index is 0.0496. The number of ketones is 1. The largest absolute Gasteiger partial charge is 0.399 e. The number of carbonyl (C=O) groups is 1. The fraction of sp³-hybridized carbons (Fsp3) is 0.269. The lowest BCUT2D eigenvalue weighted by molar-refractivity contribution is 0.101. The van der Waals surface area contributed by atoms with Crippen molar-refractivity contribution in [2.45, 2.75) is 46.6 Å². The Kier molecular flexibility index (Phi) is 8.34. The van der Waals surface area contributed by atoms with Crippen LogP contribution in [-0.2, 0) is 6.54 Å². The lowest BCUT2D eigenvalue weighted by Gasteiger charge is -2.22. The van der Waals surface area contributed by atoms with E-state index in [1.807, 2.05) is 50.2 Å². The third-order valence-corrected chi connectivity index (χ3v) is 5.30. The molecule has 3 aromatic rings. The number of halogens is 1. The van der Waals surface area contributed by atoms with Gasteiger partial charge in [-0.05, 0) is 79.8 Å². The van der Waals surface area contributed by atoms with Gasteiger partial charge in [-0.15, -0.1) is 0 Å². The standard InChI is InChI=1S/C19H23FN2O.C7H9N/c1-4-16(13-6-5-11(2)18(20)8-13)17-9-15(22)7-14(10-21)19(17)12(3)23;1-6-2-4-7(8)5-3-6/h5-9,16H,4,10,21-22H2,1-3H3;2-5H,8H2,1H3. The van der Waals surface area contributed by atoms with Crippen molar-refractivity contribution in [1.82, 2.24) is 0 Å². The van der Waals surface area contributed by atoms with E-state index in [-0.39, 0.29) is 24.1 Å². The van der Waals surface area contributed by atoms with Crippen LogP contribution in [0, 0.1) is 19.7 Å². The summed E-state index contributed by atoms with van der Waals surface area (Å²) in [4.78, 5) is 12.2. The average molecular weight is 422 g/mol. The molecule has 0 saturated carbocycles. The monoisotopic (exact) mass is 421 g/mol. The highest BCUT2D eigenvalue weighted by molar-refractivity contribution is 5.98. The number of Topliss-reactive ketones (excluding diaryl/α,β-unsaturated/α-hetero) is 1. The number of aryl methyl sites for hydroxylation is 2. The lowest BCUT2D eigenvalue weighted by Crippen LogP contribution is -2.13. The lowest BCUT2D eigenvalue weighted by atomic mass is 9.83. The predicted octanol–water partition coefficient (Wildman–Crippen LogP) is 5.50. The molecule has 0 spiro atoms. The molecule has 0 fully saturated rings. The molecule has 0 aromatic heterocycles. The van der Waals surface area contributed by atoms with Gasteiger partial charge >= 0.3 is 0 Å². The Morgan fingerprint density at radius 3 is 2.10 bits per heavy atom. The SMILES string of the molecule is CCC(c1ccc(C)c(F)c1)c1cc(N)cc(CN)c1C(C)=O.Cc1ccc(N)cc1. The number of anilines is 2. The molecule has 5 heteroatoms. The van der Waals surface area contributed by atoms with Crippen LogP contribution >= 0.6 is 0 Å². The van der Waals surface area contributed by atoms with Crippen LogP contribution in [0.5, 0.6) is 0 Å². The Morgan fingerprint density at radius 2 is 1.61 bits per heavy atom. The van der Waals surface area contributed by atoms with Gasteiger partial charge in [-0.3, -0.25) is 4.79 Å². The Morgan fingerprint density at radius 1 is 0.968 bits per heavy atom. The zero-order valence-corrected chi connectivity index (χ0v) is 18.7. The molecule has 0 saturated heterocycles. The Hall–Kier alpha value is -3.18. The van der Waals surface area contributed by atoms with Crippen LogP contribution < -0.4 is 17.2 Å². The van der Waals surface area contributed by atoms with Crippen molar-refractivity contribution in [2.24, 2.45) is 5.73 Å². The van der Waals surface area contributed by atoms with E-state index in [1.54, 1.807) is 25.1 Å². The summed E-state index contributed by atoms with van der Waals surface area (Å²) in [6.45, 7) is 7.55. The first kappa shape index (κ1) is 24.1. The molecular weight excluding hydrogens is 389 g/mol. The van der Waals surface area contributed by atoms with E-state index in [4.69, 9.17) is 17.2 Å². The zero-order chi connectivity index (χ0) is 23.1. The van der Waals surface area contributed by atoms with Gasteiger partial charge in [-0.25, -0.2) is 4.39 Å². The van der Waals surface area contributed by atoms with Crippen LogP contribution in [0.4, 0.5) is 15.8 Å².